The number of aryl methyl sites for hydroxylation is 1. The zero-order valence-corrected chi connectivity index (χ0v) is 11.7. The van der Waals surface area contributed by atoms with Crippen LogP contribution in [-0.4, -0.2) is 28.8 Å². The van der Waals surface area contributed by atoms with E-state index in [4.69, 9.17) is 5.73 Å². The van der Waals surface area contributed by atoms with E-state index in [-0.39, 0.29) is 23.0 Å². The van der Waals surface area contributed by atoms with Gasteiger partial charge in [-0.15, -0.1) is 0 Å². The first kappa shape index (κ1) is 14.6. The number of phenols is 1. The molecule has 1 aromatic heterocycles. The number of aromatic nitrogens is 1. The predicted octanol–water partition coefficient (Wildman–Crippen LogP) is 2.02. The molecular formula is C15H15FN4O. The molecule has 0 aliphatic carbocycles. The number of aromatic hydroxyl groups is 1. The van der Waals surface area contributed by atoms with Crippen LogP contribution in [0.15, 0.2) is 46.5 Å². The molecule has 0 saturated heterocycles. The highest BCUT2D eigenvalue weighted by atomic mass is 19.1. The Bertz CT molecular complexity index is 725. The van der Waals surface area contributed by atoms with Gasteiger partial charge in [-0.05, 0) is 36.8 Å². The van der Waals surface area contributed by atoms with Crippen LogP contribution >= 0.6 is 0 Å². The minimum absolute atomic E-state index is 0.119. The zero-order valence-electron chi connectivity index (χ0n) is 11.7. The molecule has 1 heterocycles. The van der Waals surface area contributed by atoms with Gasteiger partial charge in [-0.1, -0.05) is 6.07 Å². The maximum absolute atomic E-state index is 13.3. The van der Waals surface area contributed by atoms with E-state index in [0.29, 0.717) is 5.69 Å². The van der Waals surface area contributed by atoms with Crippen LogP contribution in [0.1, 0.15) is 16.8 Å². The Morgan fingerprint density at radius 3 is 2.76 bits per heavy atom. The molecule has 0 spiro atoms. The van der Waals surface area contributed by atoms with Crippen molar-refractivity contribution in [1.29, 1.82) is 0 Å². The number of rotatable bonds is 2. The van der Waals surface area contributed by atoms with Crippen molar-refractivity contribution in [3.8, 4) is 5.75 Å². The zero-order chi connectivity index (χ0) is 15.4. The average molecular weight is 286 g/mol. The maximum atomic E-state index is 13.3. The van der Waals surface area contributed by atoms with Gasteiger partial charge in [-0.25, -0.2) is 9.38 Å². The molecule has 0 saturated carbocycles. The molecule has 0 aliphatic heterocycles. The second-order valence-corrected chi connectivity index (χ2v) is 4.37. The number of benzene rings is 1. The van der Waals surface area contributed by atoms with E-state index >= 15 is 0 Å². The Labute approximate surface area is 121 Å². The van der Waals surface area contributed by atoms with E-state index in [1.165, 1.54) is 13.1 Å². The molecule has 1 aromatic carbocycles. The number of pyridine rings is 1. The minimum atomic E-state index is -0.494. The Kier molecular flexibility index (Phi) is 4.27. The molecule has 21 heavy (non-hydrogen) atoms. The number of aliphatic imine (C=N–C) groups is 2. The summed E-state index contributed by atoms with van der Waals surface area (Å²) in [6, 6.07) is 7.20. The second-order valence-electron chi connectivity index (χ2n) is 4.37. The van der Waals surface area contributed by atoms with Crippen LogP contribution < -0.4 is 5.73 Å². The third kappa shape index (κ3) is 3.22. The Morgan fingerprint density at radius 1 is 1.33 bits per heavy atom. The number of nitrogens with two attached hydrogens (primary N) is 1. The van der Waals surface area contributed by atoms with Crippen LogP contribution in [0.4, 0.5) is 4.39 Å². The van der Waals surface area contributed by atoms with Gasteiger partial charge in [0.2, 0.25) is 0 Å². The monoisotopic (exact) mass is 286 g/mol. The van der Waals surface area contributed by atoms with Crippen molar-refractivity contribution in [2.24, 2.45) is 15.7 Å². The highest BCUT2D eigenvalue weighted by Crippen LogP contribution is 2.19. The SMILES string of the molecule is CN=C(N=C(N)c1ncccc1C)c1cc(F)ccc1O. The molecule has 6 heteroatoms. The summed E-state index contributed by atoms with van der Waals surface area (Å²) in [6.45, 7) is 1.85. The molecule has 0 aliphatic rings. The summed E-state index contributed by atoms with van der Waals surface area (Å²) in [5, 5.41) is 9.80. The number of hydrogen-bond acceptors (Lipinski definition) is 3. The van der Waals surface area contributed by atoms with Gasteiger partial charge in [-0.2, -0.15) is 0 Å². The van der Waals surface area contributed by atoms with Crippen molar-refractivity contribution in [3.63, 3.8) is 0 Å². The van der Waals surface area contributed by atoms with E-state index in [0.717, 1.165) is 17.7 Å². The topological polar surface area (TPSA) is 83.9 Å². The lowest BCUT2D eigenvalue weighted by Crippen LogP contribution is -2.19. The number of amidine groups is 2. The Balaban J connectivity index is 2.46. The van der Waals surface area contributed by atoms with Gasteiger partial charge in [0.1, 0.15) is 17.3 Å². The highest BCUT2D eigenvalue weighted by Gasteiger charge is 2.11. The molecule has 0 fully saturated rings. The van der Waals surface area contributed by atoms with Gasteiger partial charge < -0.3 is 10.8 Å². The molecule has 5 nitrogen and oxygen atoms in total. The summed E-state index contributed by atoms with van der Waals surface area (Å²) in [4.78, 5) is 12.3. The van der Waals surface area contributed by atoms with Crippen LogP contribution in [0.5, 0.6) is 5.75 Å². The summed E-state index contributed by atoms with van der Waals surface area (Å²) >= 11 is 0. The molecule has 0 radical (unpaired) electrons. The molecular weight excluding hydrogens is 271 g/mol. The number of phenolic OH excluding ortho intramolecular Hbond substituents is 1. The van der Waals surface area contributed by atoms with Gasteiger partial charge in [0.25, 0.3) is 0 Å². The van der Waals surface area contributed by atoms with Crippen LogP contribution in [-0.2, 0) is 0 Å². The molecule has 0 bridgehead atoms. The Morgan fingerprint density at radius 2 is 2.10 bits per heavy atom. The lowest BCUT2D eigenvalue weighted by atomic mass is 10.1. The summed E-state index contributed by atoms with van der Waals surface area (Å²) in [7, 11) is 1.49. The summed E-state index contributed by atoms with van der Waals surface area (Å²) < 4.78 is 13.3. The molecule has 2 aromatic rings. The molecule has 0 unspecified atom stereocenters. The normalized spacial score (nSPS) is 12.5. The number of hydrogen-bond donors (Lipinski definition) is 2. The summed E-state index contributed by atoms with van der Waals surface area (Å²) in [5.74, 6) is -0.329. The third-order valence-electron chi connectivity index (χ3n) is 2.89. The first-order valence-corrected chi connectivity index (χ1v) is 6.24. The standard InChI is InChI=1S/C15H15FN4O/c1-9-4-3-7-19-13(9)14(17)20-15(18-2)11-8-10(16)5-6-12(11)21/h3-8,21H,1-2H3,(H2,17,18,20). The fourth-order valence-corrected chi connectivity index (χ4v) is 1.84. The second kappa shape index (κ2) is 6.13. The smallest absolute Gasteiger partial charge is 0.160 e. The quantitative estimate of drug-likeness (QED) is 0.654. The van der Waals surface area contributed by atoms with Gasteiger partial charge in [0.15, 0.2) is 11.7 Å². The van der Waals surface area contributed by atoms with E-state index in [1.54, 1.807) is 12.3 Å². The lowest BCUT2D eigenvalue weighted by molar-refractivity contribution is 0.472. The van der Waals surface area contributed by atoms with Crippen LogP contribution in [0, 0.1) is 12.7 Å². The first-order chi connectivity index (χ1) is 10.0. The molecule has 0 amide bonds. The molecule has 0 atom stereocenters. The van der Waals surface area contributed by atoms with E-state index in [9.17, 15) is 9.50 Å². The largest absolute Gasteiger partial charge is 0.507 e. The molecule has 3 N–H and O–H groups in total. The van der Waals surface area contributed by atoms with Gasteiger partial charge in [0, 0.05) is 13.2 Å². The van der Waals surface area contributed by atoms with Crippen LogP contribution in [0.2, 0.25) is 0 Å². The minimum Gasteiger partial charge on any atom is -0.507 e. The number of halogens is 1. The van der Waals surface area contributed by atoms with Gasteiger partial charge in [-0.3, -0.25) is 9.98 Å². The maximum Gasteiger partial charge on any atom is 0.160 e. The van der Waals surface area contributed by atoms with Gasteiger partial charge >= 0.3 is 0 Å². The third-order valence-corrected chi connectivity index (χ3v) is 2.89. The fourth-order valence-electron chi connectivity index (χ4n) is 1.84. The predicted molar refractivity (Wildman–Crippen MR) is 80.2 cm³/mol. The van der Waals surface area contributed by atoms with Crippen molar-refractivity contribution in [3.05, 3.63) is 59.2 Å². The van der Waals surface area contributed by atoms with Crippen molar-refractivity contribution >= 4 is 11.7 Å². The average Bonchev–Trinajstić information content (AvgIpc) is 2.47. The van der Waals surface area contributed by atoms with Crippen molar-refractivity contribution in [2.45, 2.75) is 6.92 Å². The first-order valence-electron chi connectivity index (χ1n) is 6.24. The van der Waals surface area contributed by atoms with E-state index in [2.05, 4.69) is 15.0 Å². The summed E-state index contributed by atoms with van der Waals surface area (Å²) in [5.41, 5.74) is 7.49. The summed E-state index contributed by atoms with van der Waals surface area (Å²) in [6.07, 6.45) is 1.60. The van der Waals surface area contributed by atoms with E-state index < -0.39 is 5.82 Å². The van der Waals surface area contributed by atoms with Gasteiger partial charge in [0.05, 0.1) is 5.56 Å². The number of nitrogens with zero attached hydrogens (tertiary/aromatic N) is 3. The fraction of sp³-hybridized carbons (Fsp3) is 0.133. The van der Waals surface area contributed by atoms with Crippen molar-refractivity contribution < 1.29 is 9.50 Å². The van der Waals surface area contributed by atoms with Crippen LogP contribution in [0.3, 0.4) is 0 Å². The highest BCUT2D eigenvalue weighted by molar-refractivity contribution is 6.11. The lowest BCUT2D eigenvalue weighted by Gasteiger charge is -2.07. The Hall–Kier alpha value is -2.76. The molecule has 2 rings (SSSR count). The van der Waals surface area contributed by atoms with Crippen LogP contribution in [0.25, 0.3) is 0 Å². The molecule has 108 valence electrons. The van der Waals surface area contributed by atoms with Crippen molar-refractivity contribution in [2.75, 3.05) is 7.05 Å². The van der Waals surface area contributed by atoms with Crippen molar-refractivity contribution in [1.82, 2.24) is 4.98 Å². The van der Waals surface area contributed by atoms with E-state index in [1.807, 2.05) is 13.0 Å².